The van der Waals surface area contributed by atoms with Crippen molar-refractivity contribution in [3.05, 3.63) is 23.8 Å². The monoisotopic (exact) mass is 233 g/mol. The molecule has 1 aromatic rings. The third kappa shape index (κ3) is 2.74. The van der Waals surface area contributed by atoms with Gasteiger partial charge in [-0.3, -0.25) is 0 Å². The van der Waals surface area contributed by atoms with Crippen molar-refractivity contribution in [1.29, 1.82) is 0 Å². The highest BCUT2D eigenvalue weighted by molar-refractivity contribution is 5.54. The fraction of sp³-hybridized carbons (Fsp3) is 0.600. The van der Waals surface area contributed by atoms with Crippen molar-refractivity contribution in [2.24, 2.45) is 11.3 Å². The molecule has 1 aromatic carbocycles. The van der Waals surface area contributed by atoms with Gasteiger partial charge < -0.3 is 10.4 Å². The van der Waals surface area contributed by atoms with Crippen molar-refractivity contribution < 1.29 is 5.11 Å². The molecule has 0 aliphatic heterocycles. The lowest BCUT2D eigenvalue weighted by atomic mass is 9.91. The standard InChI is InChI=1S/C15H23NO/c1-10-7-12(17)5-6-13(10)16-14-9-15(3,4)8-11(14)2/h5-7,11,14,16-17H,8-9H2,1-4H3. The fourth-order valence-corrected chi connectivity index (χ4v) is 3.10. The van der Waals surface area contributed by atoms with Gasteiger partial charge in [-0.25, -0.2) is 0 Å². The first-order valence-corrected chi connectivity index (χ1v) is 6.43. The van der Waals surface area contributed by atoms with Crippen LogP contribution in [0.15, 0.2) is 18.2 Å². The highest BCUT2D eigenvalue weighted by atomic mass is 16.3. The minimum atomic E-state index is 0.341. The Kier molecular flexibility index (Phi) is 3.07. The molecule has 2 heteroatoms. The Hall–Kier alpha value is -1.18. The van der Waals surface area contributed by atoms with Crippen LogP contribution < -0.4 is 5.32 Å². The van der Waals surface area contributed by atoms with E-state index in [0.29, 0.717) is 23.1 Å². The predicted octanol–water partition coefficient (Wildman–Crippen LogP) is 3.94. The van der Waals surface area contributed by atoms with Gasteiger partial charge in [-0.15, -0.1) is 0 Å². The number of rotatable bonds is 2. The molecule has 2 nitrogen and oxygen atoms in total. The van der Waals surface area contributed by atoms with Crippen molar-refractivity contribution in [1.82, 2.24) is 0 Å². The molecule has 0 bridgehead atoms. The van der Waals surface area contributed by atoms with Gasteiger partial charge in [0.2, 0.25) is 0 Å². The molecule has 1 aliphatic rings. The molecule has 0 saturated heterocycles. The average molecular weight is 233 g/mol. The first kappa shape index (κ1) is 12.3. The van der Waals surface area contributed by atoms with Crippen molar-refractivity contribution >= 4 is 5.69 Å². The van der Waals surface area contributed by atoms with E-state index in [9.17, 15) is 5.11 Å². The van der Waals surface area contributed by atoms with Gasteiger partial charge in [-0.05, 0) is 54.9 Å². The summed E-state index contributed by atoms with van der Waals surface area (Å²) in [6.45, 7) is 9.04. The van der Waals surface area contributed by atoms with Gasteiger partial charge in [0, 0.05) is 11.7 Å². The van der Waals surface area contributed by atoms with Crippen LogP contribution in [0.25, 0.3) is 0 Å². The first-order chi connectivity index (χ1) is 7.87. The van der Waals surface area contributed by atoms with Crippen molar-refractivity contribution in [2.75, 3.05) is 5.32 Å². The minimum absolute atomic E-state index is 0.341. The number of nitrogens with one attached hydrogen (secondary N) is 1. The van der Waals surface area contributed by atoms with Gasteiger partial charge in [-0.2, -0.15) is 0 Å². The zero-order valence-electron chi connectivity index (χ0n) is 11.2. The summed E-state index contributed by atoms with van der Waals surface area (Å²) >= 11 is 0. The number of phenolic OH excluding ortho intramolecular Hbond substituents is 1. The van der Waals surface area contributed by atoms with Crippen LogP contribution in [-0.2, 0) is 0 Å². The summed E-state index contributed by atoms with van der Waals surface area (Å²) in [5.74, 6) is 1.05. The number of anilines is 1. The summed E-state index contributed by atoms with van der Waals surface area (Å²) in [5.41, 5.74) is 2.71. The zero-order chi connectivity index (χ0) is 12.6. The number of hydrogen-bond donors (Lipinski definition) is 2. The number of hydrogen-bond acceptors (Lipinski definition) is 2. The number of benzene rings is 1. The molecule has 0 radical (unpaired) electrons. The number of aryl methyl sites for hydroxylation is 1. The Morgan fingerprint density at radius 2 is 2.00 bits per heavy atom. The lowest BCUT2D eigenvalue weighted by molar-refractivity contribution is 0.366. The highest BCUT2D eigenvalue weighted by Gasteiger charge is 2.36. The second kappa shape index (κ2) is 4.25. The van der Waals surface area contributed by atoms with E-state index < -0.39 is 0 Å². The number of aromatic hydroxyl groups is 1. The van der Waals surface area contributed by atoms with Gasteiger partial charge in [0.25, 0.3) is 0 Å². The quantitative estimate of drug-likeness (QED) is 0.758. The summed E-state index contributed by atoms with van der Waals surface area (Å²) < 4.78 is 0. The molecule has 17 heavy (non-hydrogen) atoms. The van der Waals surface area contributed by atoms with Crippen molar-refractivity contribution in [3.8, 4) is 5.75 Å². The van der Waals surface area contributed by atoms with Crippen LogP contribution in [0.5, 0.6) is 5.75 Å². The summed E-state index contributed by atoms with van der Waals surface area (Å²) in [7, 11) is 0. The predicted molar refractivity (Wildman–Crippen MR) is 72.4 cm³/mol. The molecule has 2 unspecified atom stereocenters. The summed E-state index contributed by atoms with van der Waals surface area (Å²) in [6, 6.07) is 6.09. The topological polar surface area (TPSA) is 32.3 Å². The van der Waals surface area contributed by atoms with E-state index in [1.54, 1.807) is 6.07 Å². The Balaban J connectivity index is 2.11. The first-order valence-electron chi connectivity index (χ1n) is 6.43. The van der Waals surface area contributed by atoms with Crippen molar-refractivity contribution in [2.45, 2.75) is 46.6 Å². The molecule has 2 atom stereocenters. The van der Waals surface area contributed by atoms with Crippen LogP contribution in [0.1, 0.15) is 39.2 Å². The molecule has 0 heterocycles. The van der Waals surface area contributed by atoms with E-state index in [0.717, 1.165) is 11.3 Å². The molecule has 1 fully saturated rings. The largest absolute Gasteiger partial charge is 0.508 e. The maximum Gasteiger partial charge on any atom is 0.115 e. The SMILES string of the molecule is Cc1cc(O)ccc1NC1CC(C)(C)CC1C. The maximum absolute atomic E-state index is 9.41. The molecule has 94 valence electrons. The Labute approximate surface area is 104 Å². The van der Waals surface area contributed by atoms with Crippen LogP contribution in [-0.4, -0.2) is 11.1 Å². The van der Waals surface area contributed by atoms with Gasteiger partial charge in [0.1, 0.15) is 5.75 Å². The van der Waals surface area contributed by atoms with Gasteiger partial charge >= 0.3 is 0 Å². The van der Waals surface area contributed by atoms with E-state index in [1.807, 2.05) is 19.1 Å². The third-order valence-electron chi connectivity index (χ3n) is 3.88. The average Bonchev–Trinajstić information content (AvgIpc) is 2.44. The molecule has 0 aromatic heterocycles. The molecule has 1 saturated carbocycles. The van der Waals surface area contributed by atoms with Gasteiger partial charge in [0.15, 0.2) is 0 Å². The zero-order valence-corrected chi connectivity index (χ0v) is 11.2. The highest BCUT2D eigenvalue weighted by Crippen LogP contribution is 2.42. The number of phenols is 1. The lowest BCUT2D eigenvalue weighted by Crippen LogP contribution is -2.22. The lowest BCUT2D eigenvalue weighted by Gasteiger charge is -2.21. The van der Waals surface area contributed by atoms with E-state index in [4.69, 9.17) is 0 Å². The Morgan fingerprint density at radius 1 is 1.29 bits per heavy atom. The molecule has 2 N–H and O–H groups in total. The van der Waals surface area contributed by atoms with E-state index in [-0.39, 0.29) is 0 Å². The van der Waals surface area contributed by atoms with E-state index in [1.165, 1.54) is 12.8 Å². The molecule has 2 rings (SSSR count). The molecule has 1 aliphatic carbocycles. The molecule has 0 amide bonds. The second-order valence-corrected chi connectivity index (χ2v) is 6.30. The van der Waals surface area contributed by atoms with Gasteiger partial charge in [-0.1, -0.05) is 20.8 Å². The van der Waals surface area contributed by atoms with Crippen LogP contribution in [0.4, 0.5) is 5.69 Å². The van der Waals surface area contributed by atoms with Crippen LogP contribution in [0.3, 0.4) is 0 Å². The summed E-state index contributed by atoms with van der Waals surface area (Å²) in [6.07, 6.45) is 2.50. The van der Waals surface area contributed by atoms with E-state index in [2.05, 4.69) is 26.1 Å². The van der Waals surface area contributed by atoms with Crippen molar-refractivity contribution in [3.63, 3.8) is 0 Å². The molecular weight excluding hydrogens is 210 g/mol. The van der Waals surface area contributed by atoms with Crippen LogP contribution in [0, 0.1) is 18.3 Å². The third-order valence-corrected chi connectivity index (χ3v) is 3.88. The molecule has 0 spiro atoms. The maximum atomic E-state index is 9.41. The fourth-order valence-electron chi connectivity index (χ4n) is 3.10. The Morgan fingerprint density at radius 3 is 2.53 bits per heavy atom. The van der Waals surface area contributed by atoms with Gasteiger partial charge in [0.05, 0.1) is 0 Å². The summed E-state index contributed by atoms with van der Waals surface area (Å²) in [4.78, 5) is 0. The normalized spacial score (nSPS) is 27.1. The minimum Gasteiger partial charge on any atom is -0.508 e. The van der Waals surface area contributed by atoms with E-state index >= 15 is 0 Å². The van der Waals surface area contributed by atoms with Crippen LogP contribution in [0.2, 0.25) is 0 Å². The molecular formula is C15H23NO. The van der Waals surface area contributed by atoms with Crippen LogP contribution >= 0.6 is 0 Å². The summed E-state index contributed by atoms with van der Waals surface area (Å²) in [5, 5.41) is 13.0. The second-order valence-electron chi connectivity index (χ2n) is 6.30. The smallest absolute Gasteiger partial charge is 0.115 e. The Bertz CT molecular complexity index is 411.